The van der Waals surface area contributed by atoms with Crippen LogP contribution in [-0.4, -0.2) is 76.7 Å². The molecule has 2 atom stereocenters. The van der Waals surface area contributed by atoms with E-state index in [0.29, 0.717) is 36.4 Å². The summed E-state index contributed by atoms with van der Waals surface area (Å²) in [6, 6.07) is 8.80. The zero-order valence-electron chi connectivity index (χ0n) is 23.0. The lowest BCUT2D eigenvalue weighted by molar-refractivity contribution is -0.130. The van der Waals surface area contributed by atoms with Crippen molar-refractivity contribution >= 4 is 41.4 Å². The van der Waals surface area contributed by atoms with Crippen molar-refractivity contribution in [1.82, 2.24) is 20.9 Å². The lowest BCUT2D eigenvalue weighted by atomic mass is 9.91. The molecule has 0 unspecified atom stereocenters. The lowest BCUT2D eigenvalue weighted by Gasteiger charge is -2.28. The fraction of sp³-hybridized carbons (Fsp3) is 0.690. The van der Waals surface area contributed by atoms with Crippen LogP contribution in [0.1, 0.15) is 65.9 Å². The molecular formula is C29H48N4O4S2. The maximum Gasteiger partial charge on any atom is 0.411 e. The molecule has 0 radical (unpaired) electrons. The number of amides is 3. The first-order valence-electron chi connectivity index (χ1n) is 13.7. The molecule has 1 heterocycles. The van der Waals surface area contributed by atoms with Crippen molar-refractivity contribution in [3.63, 3.8) is 0 Å². The molecule has 2 fully saturated rings. The molecule has 1 aliphatic carbocycles. The zero-order chi connectivity index (χ0) is 27.4. The van der Waals surface area contributed by atoms with E-state index in [1.54, 1.807) is 11.8 Å². The second kappa shape index (κ2) is 17.0. The third-order valence-electron chi connectivity index (χ3n) is 6.58. The van der Waals surface area contributed by atoms with Crippen molar-refractivity contribution in [2.45, 2.75) is 84.5 Å². The minimum absolute atomic E-state index is 0. The van der Waals surface area contributed by atoms with E-state index in [1.165, 1.54) is 54.3 Å². The van der Waals surface area contributed by atoms with E-state index in [4.69, 9.17) is 4.74 Å². The molecule has 1 aliphatic heterocycles. The molecular weight excluding hydrogens is 532 g/mol. The number of carbonyl (C=O) groups excluding carboxylic acids is 3. The minimum Gasteiger partial charge on any atom is -0.444 e. The second-order valence-corrected chi connectivity index (χ2v) is 13.1. The van der Waals surface area contributed by atoms with Gasteiger partial charge in [0.25, 0.3) is 0 Å². The summed E-state index contributed by atoms with van der Waals surface area (Å²) >= 11 is 3.25. The van der Waals surface area contributed by atoms with E-state index in [9.17, 15) is 14.4 Å². The summed E-state index contributed by atoms with van der Waals surface area (Å²) in [6.07, 6.45) is 5.86. The van der Waals surface area contributed by atoms with Gasteiger partial charge in [0.1, 0.15) is 17.7 Å². The molecule has 2 aliphatic rings. The average Bonchev–Trinajstić information content (AvgIpc) is 3.39. The van der Waals surface area contributed by atoms with Crippen molar-refractivity contribution in [1.29, 1.82) is 0 Å². The Hall–Kier alpha value is -1.91. The third-order valence-corrected chi connectivity index (χ3v) is 8.87. The predicted octanol–water partition coefficient (Wildman–Crippen LogP) is 4.64. The van der Waals surface area contributed by atoms with Crippen LogP contribution in [-0.2, 0) is 20.9 Å². The molecule has 1 aromatic rings. The smallest absolute Gasteiger partial charge is 0.411 e. The van der Waals surface area contributed by atoms with Gasteiger partial charge in [-0.05, 0) is 50.8 Å². The number of carbonyl (C=O) groups is 3. The molecule has 220 valence electrons. The number of rotatable bonds is 12. The topological polar surface area (TPSA) is 99.8 Å². The van der Waals surface area contributed by atoms with Crippen LogP contribution in [0, 0.1) is 5.92 Å². The molecule has 1 saturated heterocycles. The van der Waals surface area contributed by atoms with Crippen LogP contribution in [0.4, 0.5) is 4.79 Å². The Bertz CT molecular complexity index is 891. The lowest BCUT2D eigenvalue weighted by Crippen LogP contribution is -2.55. The molecule has 10 heteroatoms. The summed E-state index contributed by atoms with van der Waals surface area (Å²) in [5.74, 6) is 2.58. The van der Waals surface area contributed by atoms with Gasteiger partial charge in [0, 0.05) is 31.1 Å². The zero-order valence-corrected chi connectivity index (χ0v) is 24.6. The summed E-state index contributed by atoms with van der Waals surface area (Å²) in [7, 11) is 0. The third kappa shape index (κ3) is 12.0. The summed E-state index contributed by atoms with van der Waals surface area (Å²) in [4.78, 5) is 40.5. The number of hydrogen-bond donors (Lipinski definition) is 3. The molecule has 39 heavy (non-hydrogen) atoms. The van der Waals surface area contributed by atoms with Crippen molar-refractivity contribution in [3.8, 4) is 0 Å². The monoisotopic (exact) mass is 580 g/mol. The van der Waals surface area contributed by atoms with Crippen LogP contribution in [0.5, 0.6) is 0 Å². The van der Waals surface area contributed by atoms with E-state index < -0.39 is 23.8 Å². The SMILES string of the molecule is C.CC(C)(C)OC(=O)N1CSC[C@H]1C(=O)N[C@@H](CSCC1CCCCC1)C(=O)NCCNCc1ccccc1. The van der Waals surface area contributed by atoms with Gasteiger partial charge in [0.05, 0.1) is 5.88 Å². The van der Waals surface area contributed by atoms with Crippen LogP contribution in [0.2, 0.25) is 0 Å². The first-order valence-corrected chi connectivity index (χ1v) is 16.0. The highest BCUT2D eigenvalue weighted by atomic mass is 32.2. The fourth-order valence-corrected chi connectivity index (χ4v) is 6.96. The van der Waals surface area contributed by atoms with E-state index in [0.717, 1.165) is 12.3 Å². The molecule has 1 aromatic carbocycles. The van der Waals surface area contributed by atoms with Crippen LogP contribution in [0.15, 0.2) is 30.3 Å². The first-order chi connectivity index (χ1) is 18.2. The highest BCUT2D eigenvalue weighted by Crippen LogP contribution is 2.27. The first kappa shape index (κ1) is 33.3. The summed E-state index contributed by atoms with van der Waals surface area (Å²) in [5, 5.41) is 9.27. The molecule has 0 bridgehead atoms. The average molecular weight is 581 g/mol. The van der Waals surface area contributed by atoms with Gasteiger partial charge in [-0.25, -0.2) is 4.79 Å². The van der Waals surface area contributed by atoms with Gasteiger partial charge in [-0.2, -0.15) is 11.8 Å². The summed E-state index contributed by atoms with van der Waals surface area (Å²) < 4.78 is 5.50. The molecule has 0 spiro atoms. The summed E-state index contributed by atoms with van der Waals surface area (Å²) in [5.41, 5.74) is 0.546. The van der Waals surface area contributed by atoms with Gasteiger partial charge in [-0.15, -0.1) is 11.8 Å². The normalized spacial score (nSPS) is 18.6. The van der Waals surface area contributed by atoms with E-state index in [-0.39, 0.29) is 19.2 Å². The summed E-state index contributed by atoms with van der Waals surface area (Å²) in [6.45, 7) is 7.25. The van der Waals surface area contributed by atoms with Crippen LogP contribution >= 0.6 is 23.5 Å². The standard InChI is InChI=1S/C28H44N4O4S2.CH4/c1-28(2,3)36-27(35)32-20-38-19-24(32)26(34)31-23(18-37-17-22-12-8-5-9-13-22)25(33)30-15-14-29-16-21-10-6-4-7-11-21;/h4,6-7,10-11,22-24,29H,5,8-9,12-20H2,1-3H3,(H,30,33)(H,31,34);1H4/t23-,24-;/m0./s1. The maximum absolute atomic E-state index is 13.3. The largest absolute Gasteiger partial charge is 0.444 e. The molecule has 3 amide bonds. The molecule has 1 saturated carbocycles. The fourth-order valence-electron chi connectivity index (χ4n) is 4.54. The number of thioether (sulfide) groups is 2. The maximum atomic E-state index is 13.3. The number of ether oxygens (including phenoxy) is 1. The van der Waals surface area contributed by atoms with Gasteiger partial charge in [-0.3, -0.25) is 14.5 Å². The number of hydrogen-bond acceptors (Lipinski definition) is 7. The van der Waals surface area contributed by atoms with Crippen LogP contribution in [0.3, 0.4) is 0 Å². The Morgan fingerprint density at radius 1 is 1.10 bits per heavy atom. The van der Waals surface area contributed by atoms with Gasteiger partial charge < -0.3 is 20.7 Å². The van der Waals surface area contributed by atoms with Crippen molar-refractivity contribution in [2.24, 2.45) is 5.92 Å². The Labute approximate surface area is 243 Å². The quantitative estimate of drug-likeness (QED) is 0.310. The highest BCUT2D eigenvalue weighted by Gasteiger charge is 2.38. The van der Waals surface area contributed by atoms with Gasteiger partial charge >= 0.3 is 6.09 Å². The van der Waals surface area contributed by atoms with Gasteiger partial charge in [-0.1, -0.05) is 57.0 Å². The Morgan fingerprint density at radius 2 is 1.82 bits per heavy atom. The number of nitrogens with one attached hydrogen (secondary N) is 3. The number of nitrogens with zero attached hydrogens (tertiary/aromatic N) is 1. The Balaban J connectivity index is 0.00000533. The molecule has 0 aromatic heterocycles. The van der Waals surface area contributed by atoms with Crippen LogP contribution in [0.25, 0.3) is 0 Å². The van der Waals surface area contributed by atoms with Crippen LogP contribution < -0.4 is 16.0 Å². The van der Waals surface area contributed by atoms with Crippen molar-refractivity contribution in [2.75, 3.05) is 36.2 Å². The van der Waals surface area contributed by atoms with Crippen molar-refractivity contribution in [3.05, 3.63) is 35.9 Å². The highest BCUT2D eigenvalue weighted by molar-refractivity contribution is 7.99. The minimum atomic E-state index is -0.656. The van der Waals surface area contributed by atoms with E-state index in [2.05, 4.69) is 28.1 Å². The van der Waals surface area contributed by atoms with Crippen molar-refractivity contribution < 1.29 is 19.1 Å². The molecule has 3 N–H and O–H groups in total. The molecule has 8 nitrogen and oxygen atoms in total. The Kier molecular flexibility index (Phi) is 14.5. The number of benzene rings is 1. The van der Waals surface area contributed by atoms with Gasteiger partial charge in [0.2, 0.25) is 11.8 Å². The second-order valence-electron chi connectivity index (χ2n) is 11.0. The van der Waals surface area contributed by atoms with E-state index in [1.807, 2.05) is 39.0 Å². The van der Waals surface area contributed by atoms with E-state index >= 15 is 0 Å². The Morgan fingerprint density at radius 3 is 2.51 bits per heavy atom. The van der Waals surface area contributed by atoms with Gasteiger partial charge in [0.15, 0.2) is 0 Å². The predicted molar refractivity (Wildman–Crippen MR) is 163 cm³/mol. The molecule has 3 rings (SSSR count).